The molecule has 0 radical (unpaired) electrons. The predicted octanol–water partition coefficient (Wildman–Crippen LogP) is 3.45. The summed E-state index contributed by atoms with van der Waals surface area (Å²) in [4.78, 5) is 0. The van der Waals surface area contributed by atoms with Gasteiger partial charge in [0.05, 0.1) is 13.2 Å². The molecule has 2 nitrogen and oxygen atoms in total. The van der Waals surface area contributed by atoms with E-state index in [1.54, 1.807) is 12.1 Å². The first-order valence-corrected chi connectivity index (χ1v) is 5.70. The van der Waals surface area contributed by atoms with Crippen molar-refractivity contribution in [2.24, 2.45) is 0 Å². The monoisotopic (exact) mass is 226 g/mol. The molecule has 90 valence electrons. The molecule has 1 rings (SSSR count). The topological polar surface area (TPSA) is 29.5 Å². The number of halogens is 1. The van der Waals surface area contributed by atoms with Crippen LogP contribution in [0.2, 0.25) is 0 Å². The predicted molar refractivity (Wildman–Crippen MR) is 62.1 cm³/mol. The molecule has 1 atom stereocenters. The van der Waals surface area contributed by atoms with Crippen LogP contribution in [0.15, 0.2) is 18.2 Å². The van der Waals surface area contributed by atoms with Crippen molar-refractivity contribution in [1.82, 2.24) is 0 Å². The zero-order valence-corrected chi connectivity index (χ0v) is 9.87. The summed E-state index contributed by atoms with van der Waals surface area (Å²) < 4.78 is 18.0. The molecule has 0 saturated heterocycles. The zero-order chi connectivity index (χ0) is 12.0. The Bertz CT molecular complexity index is 326. The molecule has 0 spiro atoms. The smallest absolute Gasteiger partial charge is 0.165 e. The number of hydrogen-bond acceptors (Lipinski definition) is 2. The molecule has 16 heavy (non-hydrogen) atoms. The second-order valence-electron chi connectivity index (χ2n) is 3.91. The third-order valence-corrected chi connectivity index (χ3v) is 2.64. The molecule has 0 aliphatic heterocycles. The van der Waals surface area contributed by atoms with E-state index in [2.05, 4.69) is 6.92 Å². The van der Waals surface area contributed by atoms with E-state index < -0.39 is 11.9 Å². The molecular formula is C13H19FO2. The van der Waals surface area contributed by atoms with Crippen LogP contribution in [0.1, 0.15) is 44.3 Å². The van der Waals surface area contributed by atoms with Gasteiger partial charge in [0.1, 0.15) is 0 Å². The van der Waals surface area contributed by atoms with Gasteiger partial charge in [0.15, 0.2) is 11.6 Å². The van der Waals surface area contributed by atoms with Crippen molar-refractivity contribution in [3.63, 3.8) is 0 Å². The van der Waals surface area contributed by atoms with Crippen molar-refractivity contribution < 1.29 is 14.2 Å². The summed E-state index contributed by atoms with van der Waals surface area (Å²) in [6.45, 7) is 2.12. The lowest BCUT2D eigenvalue weighted by Gasteiger charge is -2.12. The van der Waals surface area contributed by atoms with Gasteiger partial charge in [-0.3, -0.25) is 0 Å². The van der Waals surface area contributed by atoms with Gasteiger partial charge in [-0.2, -0.15) is 0 Å². The highest BCUT2D eigenvalue weighted by Crippen LogP contribution is 2.25. The van der Waals surface area contributed by atoms with Gasteiger partial charge in [-0.25, -0.2) is 4.39 Å². The Kier molecular flexibility index (Phi) is 5.26. The molecule has 0 aliphatic carbocycles. The maximum atomic E-state index is 13.1. The fraction of sp³-hybridized carbons (Fsp3) is 0.538. The molecule has 0 saturated carbocycles. The number of rotatable bonds is 6. The summed E-state index contributed by atoms with van der Waals surface area (Å²) in [7, 11) is 1.42. The van der Waals surface area contributed by atoms with Crippen LogP contribution in [0.25, 0.3) is 0 Å². The molecule has 1 aromatic carbocycles. The van der Waals surface area contributed by atoms with E-state index in [0.717, 1.165) is 19.3 Å². The number of hydrogen-bond donors (Lipinski definition) is 1. The third kappa shape index (κ3) is 3.49. The highest BCUT2D eigenvalue weighted by molar-refractivity contribution is 5.31. The summed E-state index contributed by atoms with van der Waals surface area (Å²) in [6, 6.07) is 4.50. The van der Waals surface area contributed by atoms with Crippen LogP contribution in [0.3, 0.4) is 0 Å². The van der Waals surface area contributed by atoms with E-state index in [1.807, 2.05) is 0 Å². The summed E-state index contributed by atoms with van der Waals surface area (Å²) in [6.07, 6.45) is 3.40. The number of benzene rings is 1. The number of methoxy groups -OCH3 is 1. The Labute approximate surface area is 96.1 Å². The maximum absolute atomic E-state index is 13.1. The molecule has 1 aromatic rings. The third-order valence-electron chi connectivity index (χ3n) is 2.64. The van der Waals surface area contributed by atoms with Gasteiger partial charge in [-0.1, -0.05) is 32.3 Å². The molecule has 3 heteroatoms. The molecule has 1 unspecified atom stereocenters. The second-order valence-corrected chi connectivity index (χ2v) is 3.91. The van der Waals surface area contributed by atoms with Gasteiger partial charge in [0.2, 0.25) is 0 Å². The van der Waals surface area contributed by atoms with Crippen LogP contribution in [-0.2, 0) is 0 Å². The SMILES string of the molecule is CCCCCC(O)c1ccc(F)c(OC)c1. The average molecular weight is 226 g/mol. The minimum absolute atomic E-state index is 0.187. The fourth-order valence-corrected chi connectivity index (χ4v) is 1.64. The molecule has 0 aliphatic rings. The van der Waals surface area contributed by atoms with Crippen LogP contribution >= 0.6 is 0 Å². The van der Waals surface area contributed by atoms with Crippen LogP contribution < -0.4 is 4.74 Å². The molecule has 0 aromatic heterocycles. The Hall–Kier alpha value is -1.09. The van der Waals surface area contributed by atoms with Crippen molar-refractivity contribution >= 4 is 0 Å². The first-order valence-electron chi connectivity index (χ1n) is 5.70. The van der Waals surface area contributed by atoms with Gasteiger partial charge in [-0.05, 0) is 24.1 Å². The van der Waals surface area contributed by atoms with Crippen molar-refractivity contribution in [2.45, 2.75) is 38.7 Å². The first kappa shape index (κ1) is 13.0. The van der Waals surface area contributed by atoms with E-state index >= 15 is 0 Å². The van der Waals surface area contributed by atoms with E-state index in [9.17, 15) is 9.50 Å². The van der Waals surface area contributed by atoms with E-state index in [1.165, 1.54) is 13.2 Å². The normalized spacial score (nSPS) is 12.5. The number of unbranched alkanes of at least 4 members (excludes halogenated alkanes) is 2. The molecule has 0 fully saturated rings. The largest absolute Gasteiger partial charge is 0.494 e. The molecule has 0 amide bonds. The van der Waals surface area contributed by atoms with Gasteiger partial charge in [-0.15, -0.1) is 0 Å². The molecular weight excluding hydrogens is 207 g/mol. The lowest BCUT2D eigenvalue weighted by molar-refractivity contribution is 0.163. The Balaban J connectivity index is 2.64. The van der Waals surface area contributed by atoms with E-state index in [4.69, 9.17) is 4.74 Å². The van der Waals surface area contributed by atoms with Crippen LogP contribution in [-0.4, -0.2) is 12.2 Å². The lowest BCUT2D eigenvalue weighted by Crippen LogP contribution is -1.99. The molecule has 0 heterocycles. The highest BCUT2D eigenvalue weighted by atomic mass is 19.1. The van der Waals surface area contributed by atoms with Crippen molar-refractivity contribution in [1.29, 1.82) is 0 Å². The maximum Gasteiger partial charge on any atom is 0.165 e. The summed E-state index contributed by atoms with van der Waals surface area (Å²) in [5, 5.41) is 9.88. The molecule has 1 N–H and O–H groups in total. The molecule has 0 bridgehead atoms. The highest BCUT2D eigenvalue weighted by Gasteiger charge is 2.10. The zero-order valence-electron chi connectivity index (χ0n) is 9.87. The van der Waals surface area contributed by atoms with Crippen molar-refractivity contribution in [3.8, 4) is 5.75 Å². The summed E-state index contributed by atoms with van der Waals surface area (Å²) in [5.74, 6) is -0.209. The Morgan fingerprint density at radius 2 is 2.12 bits per heavy atom. The van der Waals surface area contributed by atoms with Crippen molar-refractivity contribution in [3.05, 3.63) is 29.6 Å². The van der Waals surface area contributed by atoms with E-state index in [0.29, 0.717) is 12.0 Å². The number of ether oxygens (including phenoxy) is 1. The van der Waals surface area contributed by atoms with Gasteiger partial charge < -0.3 is 9.84 Å². The van der Waals surface area contributed by atoms with Gasteiger partial charge in [0, 0.05) is 0 Å². The van der Waals surface area contributed by atoms with E-state index in [-0.39, 0.29) is 5.75 Å². The van der Waals surface area contributed by atoms with Crippen LogP contribution in [0, 0.1) is 5.82 Å². The van der Waals surface area contributed by atoms with Crippen molar-refractivity contribution in [2.75, 3.05) is 7.11 Å². The number of aliphatic hydroxyl groups excluding tert-OH is 1. The average Bonchev–Trinajstić information content (AvgIpc) is 2.30. The van der Waals surface area contributed by atoms with Gasteiger partial charge in [0.25, 0.3) is 0 Å². The standard InChI is InChI=1S/C13H19FO2/c1-3-4-5-6-12(15)10-7-8-11(14)13(9-10)16-2/h7-9,12,15H,3-6H2,1-2H3. The Morgan fingerprint density at radius 1 is 1.38 bits per heavy atom. The Morgan fingerprint density at radius 3 is 2.75 bits per heavy atom. The van der Waals surface area contributed by atoms with Crippen LogP contribution in [0.5, 0.6) is 5.75 Å². The minimum atomic E-state index is -0.527. The quantitative estimate of drug-likeness (QED) is 0.753. The van der Waals surface area contributed by atoms with Gasteiger partial charge >= 0.3 is 0 Å². The number of aliphatic hydroxyl groups is 1. The summed E-state index contributed by atoms with van der Waals surface area (Å²) in [5.41, 5.74) is 0.717. The summed E-state index contributed by atoms with van der Waals surface area (Å²) >= 11 is 0. The first-order chi connectivity index (χ1) is 7.69. The van der Waals surface area contributed by atoms with Crippen LogP contribution in [0.4, 0.5) is 4.39 Å². The fourth-order valence-electron chi connectivity index (χ4n) is 1.64. The second kappa shape index (κ2) is 6.48. The minimum Gasteiger partial charge on any atom is -0.494 e. The lowest BCUT2D eigenvalue weighted by atomic mass is 10.0.